The van der Waals surface area contributed by atoms with Gasteiger partial charge in [0.1, 0.15) is 23.2 Å². The summed E-state index contributed by atoms with van der Waals surface area (Å²) in [6.45, 7) is 1.63. The summed E-state index contributed by atoms with van der Waals surface area (Å²) in [6.07, 6.45) is -0.0387. The number of hydrogen-bond acceptors (Lipinski definition) is 7. The van der Waals surface area contributed by atoms with Crippen molar-refractivity contribution in [2.45, 2.75) is 24.0 Å². The van der Waals surface area contributed by atoms with Crippen molar-refractivity contribution in [3.8, 4) is 22.9 Å². The van der Waals surface area contributed by atoms with Gasteiger partial charge < -0.3 is 14.6 Å². The number of halogens is 1. The molecule has 0 saturated heterocycles. The number of rotatable bonds is 5. The van der Waals surface area contributed by atoms with Crippen LogP contribution in [0.1, 0.15) is 22.6 Å². The fraction of sp³-hybridized carbons (Fsp3) is 0.0968. The molecule has 0 aliphatic carbocycles. The number of nitriles is 1. The van der Waals surface area contributed by atoms with Crippen LogP contribution in [0.5, 0.6) is 5.75 Å². The molecule has 2 aliphatic rings. The molecule has 0 fully saturated rings. The van der Waals surface area contributed by atoms with Crippen molar-refractivity contribution < 1.29 is 27.4 Å². The normalized spacial score (nSPS) is 18.0. The van der Waals surface area contributed by atoms with Crippen molar-refractivity contribution in [2.24, 2.45) is 0 Å². The van der Waals surface area contributed by atoms with E-state index in [1.807, 2.05) is 0 Å². The van der Waals surface area contributed by atoms with Gasteiger partial charge in [0.05, 0.1) is 21.9 Å². The van der Waals surface area contributed by atoms with E-state index in [1.165, 1.54) is 18.3 Å². The van der Waals surface area contributed by atoms with E-state index in [2.05, 4.69) is 15.8 Å². The van der Waals surface area contributed by atoms with E-state index in [-0.39, 0.29) is 27.7 Å². The second-order valence-corrected chi connectivity index (χ2v) is 11.2. The molecule has 8 nitrogen and oxygen atoms in total. The summed E-state index contributed by atoms with van der Waals surface area (Å²) in [5.41, 5.74) is 3.12. The molecule has 0 spiro atoms. The summed E-state index contributed by atoms with van der Waals surface area (Å²) in [7, 11) is -4.13. The molecule has 10 heteroatoms. The maximum atomic E-state index is 13.7. The fourth-order valence-corrected chi connectivity index (χ4v) is 5.97. The summed E-state index contributed by atoms with van der Waals surface area (Å²) in [5.74, 6) is -1.20. The van der Waals surface area contributed by atoms with Crippen LogP contribution < -0.4 is 9.46 Å². The lowest BCUT2D eigenvalue weighted by Gasteiger charge is -2.36. The van der Waals surface area contributed by atoms with Crippen LogP contribution in [0, 0.1) is 24.2 Å². The smallest absolute Gasteiger partial charge is 0.264 e. The molecule has 2 N–H and O–H groups in total. The van der Waals surface area contributed by atoms with Crippen molar-refractivity contribution in [1.82, 2.24) is 9.71 Å². The van der Waals surface area contributed by atoms with E-state index in [9.17, 15) is 23.2 Å². The van der Waals surface area contributed by atoms with E-state index in [1.54, 1.807) is 79.7 Å². The zero-order valence-corrected chi connectivity index (χ0v) is 22.4. The molecule has 4 aromatic rings. The van der Waals surface area contributed by atoms with E-state index in [4.69, 9.17) is 9.47 Å². The Balaban J connectivity index is 1.49. The molecule has 41 heavy (non-hydrogen) atoms. The molecule has 2 unspecified atom stereocenters. The molecular weight excluding hydrogens is 545 g/mol. The molecule has 2 aliphatic heterocycles. The number of allylic oxidation sites excluding steroid dienone is 1. The van der Waals surface area contributed by atoms with Crippen LogP contribution in [-0.4, -0.2) is 24.8 Å². The van der Waals surface area contributed by atoms with Gasteiger partial charge in [-0.15, -0.1) is 0 Å². The Morgan fingerprint density at radius 1 is 1.00 bits per heavy atom. The molecule has 0 radical (unpaired) electrons. The lowest BCUT2D eigenvalue weighted by molar-refractivity contribution is 0.00457. The Morgan fingerprint density at radius 2 is 1.71 bits per heavy atom. The van der Waals surface area contributed by atoms with Crippen LogP contribution in [0.3, 0.4) is 0 Å². The van der Waals surface area contributed by atoms with Gasteiger partial charge in [-0.2, -0.15) is 9.65 Å². The maximum absolute atomic E-state index is 13.7. The van der Waals surface area contributed by atoms with E-state index < -0.39 is 28.2 Å². The first-order valence-electron chi connectivity index (χ1n) is 12.6. The summed E-state index contributed by atoms with van der Waals surface area (Å²) in [4.78, 5) is 3.78. The number of aliphatic hydroxyl groups excluding tert-OH is 1. The highest BCUT2D eigenvalue weighted by atomic mass is 32.2. The van der Waals surface area contributed by atoms with Crippen molar-refractivity contribution >= 4 is 15.8 Å². The average Bonchev–Trinajstić information content (AvgIpc) is 2.98. The second kappa shape index (κ2) is 10.2. The van der Waals surface area contributed by atoms with Gasteiger partial charge in [-0.1, -0.05) is 54.6 Å². The van der Waals surface area contributed by atoms with Gasteiger partial charge in [-0.25, -0.2) is 18.1 Å². The van der Waals surface area contributed by atoms with Crippen LogP contribution in [0.2, 0.25) is 0 Å². The minimum Gasteiger partial charge on any atom is -0.460 e. The van der Waals surface area contributed by atoms with Crippen LogP contribution in [0.15, 0.2) is 113 Å². The lowest BCUT2D eigenvalue weighted by Crippen LogP contribution is -2.35. The molecular formula is C31H22FN3O5S. The molecule has 0 saturated carbocycles. The number of aromatic nitrogens is 1. The highest BCUT2D eigenvalue weighted by Crippen LogP contribution is 2.49. The Morgan fingerprint density at radius 3 is 2.41 bits per heavy atom. The summed E-state index contributed by atoms with van der Waals surface area (Å²) >= 11 is 0. The molecule has 0 amide bonds. The van der Waals surface area contributed by atoms with Gasteiger partial charge in [-0.05, 0) is 48.4 Å². The topological polar surface area (TPSA) is 122 Å². The van der Waals surface area contributed by atoms with E-state index in [0.29, 0.717) is 28.0 Å². The first-order chi connectivity index (χ1) is 19.8. The largest absolute Gasteiger partial charge is 0.460 e. The molecule has 3 heterocycles. The Kier molecular flexibility index (Phi) is 6.53. The summed E-state index contributed by atoms with van der Waals surface area (Å²) in [5, 5.41) is 21.4. The Bertz CT molecular complexity index is 1880. The molecule has 0 bridgehead atoms. The van der Waals surface area contributed by atoms with Crippen LogP contribution in [-0.2, 0) is 14.8 Å². The first-order valence-corrected chi connectivity index (χ1v) is 14.1. The standard InChI is InChI=1S/C31H22FN3O5S/c1-18-15-21(17-34-29(18)32)19-11-13-20(14-12-19)26-24(16-33)30(35-41(37,38)22-7-3-2-4-8-22)40-28-23-9-5-6-10-25(23)39-31(36)27(26)28/h2-15,17,26,31,35-36H,1H3. The van der Waals surface area contributed by atoms with E-state index >= 15 is 0 Å². The zero-order chi connectivity index (χ0) is 28.7. The van der Waals surface area contributed by atoms with Crippen molar-refractivity contribution in [1.29, 1.82) is 5.26 Å². The van der Waals surface area contributed by atoms with Gasteiger partial charge in [0, 0.05) is 17.3 Å². The highest BCUT2D eigenvalue weighted by molar-refractivity contribution is 7.89. The lowest BCUT2D eigenvalue weighted by atomic mass is 9.80. The number of fused-ring (bicyclic) bond motifs is 2. The van der Waals surface area contributed by atoms with E-state index in [0.717, 1.165) is 5.56 Å². The number of nitrogens with zero attached hydrogens (tertiary/aromatic N) is 2. The SMILES string of the molecule is Cc1cc(-c2ccc(C3C(C#N)=C(NS(=O)(=O)c4ccccc4)OC4=C3C(O)Oc3ccccc34)cc2)cnc1F. The van der Waals surface area contributed by atoms with Crippen LogP contribution >= 0.6 is 0 Å². The van der Waals surface area contributed by atoms with Crippen molar-refractivity contribution in [3.63, 3.8) is 0 Å². The minimum absolute atomic E-state index is 0.00955. The number of benzene rings is 3. The molecule has 3 aromatic carbocycles. The van der Waals surface area contributed by atoms with Gasteiger partial charge >= 0.3 is 0 Å². The monoisotopic (exact) mass is 567 g/mol. The minimum atomic E-state index is -4.13. The predicted molar refractivity (Wildman–Crippen MR) is 148 cm³/mol. The second-order valence-electron chi connectivity index (χ2n) is 9.51. The quantitative estimate of drug-likeness (QED) is 0.320. The van der Waals surface area contributed by atoms with Gasteiger partial charge in [0.2, 0.25) is 18.1 Å². The molecule has 6 rings (SSSR count). The van der Waals surface area contributed by atoms with Crippen LogP contribution in [0.25, 0.3) is 16.9 Å². The zero-order valence-electron chi connectivity index (χ0n) is 21.6. The number of hydrogen-bond donors (Lipinski definition) is 2. The third-order valence-corrected chi connectivity index (χ3v) is 8.29. The third kappa shape index (κ3) is 4.71. The summed E-state index contributed by atoms with van der Waals surface area (Å²) < 4.78 is 54.6. The van der Waals surface area contributed by atoms with Gasteiger partial charge in [-0.3, -0.25) is 0 Å². The van der Waals surface area contributed by atoms with Crippen molar-refractivity contribution in [3.05, 3.63) is 131 Å². The molecule has 2 atom stereocenters. The average molecular weight is 568 g/mol. The van der Waals surface area contributed by atoms with Gasteiger partial charge in [0.15, 0.2) is 0 Å². The highest BCUT2D eigenvalue weighted by Gasteiger charge is 2.42. The third-order valence-electron chi connectivity index (χ3n) is 6.94. The predicted octanol–water partition coefficient (Wildman–Crippen LogP) is 5.15. The number of ether oxygens (including phenoxy) is 2. The first kappa shape index (κ1) is 26.3. The van der Waals surface area contributed by atoms with Crippen LogP contribution in [0.4, 0.5) is 4.39 Å². The van der Waals surface area contributed by atoms with Gasteiger partial charge in [0.25, 0.3) is 10.0 Å². The number of pyridine rings is 1. The maximum Gasteiger partial charge on any atom is 0.264 e. The fourth-order valence-electron chi connectivity index (χ4n) is 4.94. The number of para-hydroxylation sites is 1. The number of aryl methyl sites for hydroxylation is 1. The number of aliphatic hydroxyl groups is 1. The number of sulfonamides is 1. The Labute approximate surface area is 235 Å². The molecule has 204 valence electrons. The Hall–Kier alpha value is -4.98. The number of nitrogens with one attached hydrogen (secondary N) is 1. The molecule has 1 aromatic heterocycles. The van der Waals surface area contributed by atoms with Crippen molar-refractivity contribution in [2.75, 3.05) is 0 Å². The summed E-state index contributed by atoms with van der Waals surface area (Å²) in [6, 6.07) is 25.4.